The van der Waals surface area contributed by atoms with E-state index in [9.17, 15) is 12.8 Å². The van der Waals surface area contributed by atoms with Gasteiger partial charge in [-0.25, -0.2) is 12.8 Å². The molecule has 0 spiro atoms. The van der Waals surface area contributed by atoms with Crippen LogP contribution in [0.25, 0.3) is 0 Å². The van der Waals surface area contributed by atoms with E-state index < -0.39 is 15.7 Å². The van der Waals surface area contributed by atoms with Crippen molar-refractivity contribution in [3.63, 3.8) is 0 Å². The summed E-state index contributed by atoms with van der Waals surface area (Å²) in [6, 6.07) is 4.10. The molecule has 0 atom stereocenters. The summed E-state index contributed by atoms with van der Waals surface area (Å²) >= 11 is 0. The summed E-state index contributed by atoms with van der Waals surface area (Å²) in [5.74, 6) is 1.51. The highest BCUT2D eigenvalue weighted by molar-refractivity contribution is 14.0. The van der Waals surface area contributed by atoms with Crippen LogP contribution >= 0.6 is 24.0 Å². The molecule has 0 unspecified atom stereocenters. The first kappa shape index (κ1) is 26.3. The Labute approximate surface area is 194 Å². The molecule has 2 N–H and O–H groups in total. The Morgan fingerprint density at radius 3 is 2.60 bits per heavy atom. The second-order valence-corrected chi connectivity index (χ2v) is 9.28. The van der Waals surface area contributed by atoms with Gasteiger partial charge in [-0.2, -0.15) is 4.98 Å². The molecule has 2 aromatic rings. The maximum atomic E-state index is 13.6. The highest BCUT2D eigenvalue weighted by atomic mass is 127. The Balaban J connectivity index is 0.00000450. The van der Waals surface area contributed by atoms with Gasteiger partial charge in [-0.15, -0.1) is 24.0 Å². The normalized spacial score (nSPS) is 12.0. The minimum absolute atomic E-state index is 0. The fraction of sp³-hybridized carbons (Fsp3) is 0.526. The van der Waals surface area contributed by atoms with Gasteiger partial charge in [0, 0.05) is 38.7 Å². The lowest BCUT2D eigenvalue weighted by molar-refractivity contribution is 0.368. The molecule has 0 amide bonds. The van der Waals surface area contributed by atoms with Crippen LogP contribution in [0.5, 0.6) is 0 Å². The van der Waals surface area contributed by atoms with Crippen LogP contribution in [0.1, 0.15) is 49.0 Å². The lowest BCUT2D eigenvalue weighted by Gasteiger charge is -2.14. The predicted molar refractivity (Wildman–Crippen MR) is 125 cm³/mol. The van der Waals surface area contributed by atoms with Crippen LogP contribution in [-0.4, -0.2) is 44.4 Å². The van der Waals surface area contributed by atoms with Gasteiger partial charge in [0.2, 0.25) is 5.89 Å². The summed E-state index contributed by atoms with van der Waals surface area (Å²) in [4.78, 5) is 8.47. The molecule has 30 heavy (non-hydrogen) atoms. The molecule has 1 aromatic carbocycles. The fourth-order valence-electron chi connectivity index (χ4n) is 2.63. The number of aromatic nitrogens is 2. The Kier molecular flexibility index (Phi) is 10.7. The summed E-state index contributed by atoms with van der Waals surface area (Å²) in [7, 11) is -1.59. The molecular formula is C19H29FIN5O3S. The maximum Gasteiger partial charge on any atom is 0.226 e. The minimum atomic E-state index is -3.22. The van der Waals surface area contributed by atoms with Crippen LogP contribution in [0.2, 0.25) is 0 Å². The van der Waals surface area contributed by atoms with Gasteiger partial charge in [0.25, 0.3) is 0 Å². The van der Waals surface area contributed by atoms with E-state index in [0.717, 1.165) is 12.7 Å². The standard InChI is InChI=1S/C19H28FN5O3S.HI/c1-13(2)18-24-17(28-25-18)6-5-9-22-19(21-3)23-11-15-10-16(20)8-7-14(15)12-29(4,26)27;/h7-8,10,13H,5-6,9,11-12H2,1-4H3,(H2,21,22,23);1H. The number of hydrogen-bond acceptors (Lipinski definition) is 6. The molecule has 11 heteroatoms. The van der Waals surface area contributed by atoms with Crippen LogP contribution in [0.3, 0.4) is 0 Å². The molecule has 0 aliphatic heterocycles. The number of nitrogens with one attached hydrogen (secondary N) is 2. The van der Waals surface area contributed by atoms with Gasteiger partial charge in [-0.1, -0.05) is 25.1 Å². The van der Waals surface area contributed by atoms with Gasteiger partial charge in [0.15, 0.2) is 21.6 Å². The van der Waals surface area contributed by atoms with Crippen molar-refractivity contribution in [1.29, 1.82) is 0 Å². The highest BCUT2D eigenvalue weighted by Gasteiger charge is 2.12. The molecule has 0 saturated heterocycles. The minimum Gasteiger partial charge on any atom is -0.356 e. The quantitative estimate of drug-likeness (QED) is 0.213. The Morgan fingerprint density at radius 1 is 1.27 bits per heavy atom. The monoisotopic (exact) mass is 553 g/mol. The number of aliphatic imine (C=N–C) groups is 1. The molecule has 0 aliphatic rings. The van der Waals surface area contributed by atoms with E-state index in [1.54, 1.807) is 7.05 Å². The van der Waals surface area contributed by atoms with Gasteiger partial charge in [0.05, 0.1) is 5.75 Å². The first-order valence-electron chi connectivity index (χ1n) is 9.40. The zero-order valence-corrected chi connectivity index (χ0v) is 20.8. The third-order valence-corrected chi connectivity index (χ3v) is 4.95. The summed E-state index contributed by atoms with van der Waals surface area (Å²) in [5, 5.41) is 10.2. The first-order valence-corrected chi connectivity index (χ1v) is 11.5. The lowest BCUT2D eigenvalue weighted by atomic mass is 10.1. The number of aryl methyl sites for hydroxylation is 1. The molecule has 1 aromatic heterocycles. The summed E-state index contributed by atoms with van der Waals surface area (Å²) in [5.41, 5.74) is 1.14. The van der Waals surface area contributed by atoms with Crippen molar-refractivity contribution in [2.75, 3.05) is 19.8 Å². The molecule has 0 radical (unpaired) electrons. The van der Waals surface area contributed by atoms with Crippen molar-refractivity contribution >= 4 is 39.8 Å². The summed E-state index contributed by atoms with van der Waals surface area (Å²) < 4.78 is 42.0. The van der Waals surface area contributed by atoms with E-state index in [0.29, 0.717) is 41.8 Å². The number of halogens is 2. The number of benzene rings is 1. The Hall–Kier alpha value is -1.76. The van der Waals surface area contributed by atoms with Crippen LogP contribution in [0.4, 0.5) is 4.39 Å². The van der Waals surface area contributed by atoms with Crippen molar-refractivity contribution in [3.8, 4) is 0 Å². The van der Waals surface area contributed by atoms with E-state index in [1.807, 2.05) is 13.8 Å². The zero-order valence-electron chi connectivity index (χ0n) is 17.6. The third-order valence-electron chi connectivity index (χ3n) is 4.12. The van der Waals surface area contributed by atoms with Crippen LogP contribution in [0.15, 0.2) is 27.7 Å². The molecule has 2 rings (SSSR count). The van der Waals surface area contributed by atoms with Crippen LogP contribution < -0.4 is 10.6 Å². The average Bonchev–Trinajstić information content (AvgIpc) is 3.11. The SMILES string of the molecule is CN=C(NCCCc1nc(C(C)C)no1)NCc1cc(F)ccc1CS(C)(=O)=O.I. The number of guanidine groups is 1. The molecule has 0 saturated carbocycles. The van der Waals surface area contributed by atoms with Crippen LogP contribution in [0, 0.1) is 5.82 Å². The zero-order chi connectivity index (χ0) is 21.4. The van der Waals surface area contributed by atoms with E-state index in [1.165, 1.54) is 18.2 Å². The van der Waals surface area contributed by atoms with E-state index >= 15 is 0 Å². The largest absolute Gasteiger partial charge is 0.356 e. The number of rotatable bonds is 9. The smallest absolute Gasteiger partial charge is 0.226 e. The molecule has 168 valence electrons. The second kappa shape index (κ2) is 12.2. The van der Waals surface area contributed by atoms with Gasteiger partial charge in [-0.05, 0) is 29.7 Å². The summed E-state index contributed by atoms with van der Waals surface area (Å²) in [6.07, 6.45) is 2.56. The van der Waals surface area contributed by atoms with Gasteiger partial charge in [-0.3, -0.25) is 4.99 Å². The number of hydrogen-bond donors (Lipinski definition) is 2. The van der Waals surface area contributed by atoms with Gasteiger partial charge >= 0.3 is 0 Å². The van der Waals surface area contributed by atoms with E-state index in [4.69, 9.17) is 4.52 Å². The van der Waals surface area contributed by atoms with E-state index in [2.05, 4.69) is 25.8 Å². The molecule has 0 bridgehead atoms. The maximum absolute atomic E-state index is 13.6. The van der Waals surface area contributed by atoms with Crippen molar-refractivity contribution in [2.45, 2.75) is 44.9 Å². The van der Waals surface area contributed by atoms with Gasteiger partial charge in [0.1, 0.15) is 5.82 Å². The highest BCUT2D eigenvalue weighted by Crippen LogP contribution is 2.14. The van der Waals surface area contributed by atoms with Crippen molar-refractivity contribution in [1.82, 2.24) is 20.8 Å². The molecular weight excluding hydrogens is 524 g/mol. The number of nitrogens with zero attached hydrogens (tertiary/aromatic N) is 3. The molecule has 8 nitrogen and oxygen atoms in total. The Morgan fingerprint density at radius 2 is 2.00 bits per heavy atom. The van der Waals surface area contributed by atoms with Crippen molar-refractivity contribution in [2.24, 2.45) is 4.99 Å². The van der Waals surface area contributed by atoms with Crippen molar-refractivity contribution in [3.05, 3.63) is 46.9 Å². The average molecular weight is 553 g/mol. The molecule has 0 aliphatic carbocycles. The molecule has 1 heterocycles. The van der Waals surface area contributed by atoms with E-state index in [-0.39, 0.29) is 42.2 Å². The Bertz CT molecular complexity index is 947. The molecule has 0 fully saturated rings. The van der Waals surface area contributed by atoms with Crippen LogP contribution in [-0.2, 0) is 28.6 Å². The topological polar surface area (TPSA) is 109 Å². The van der Waals surface area contributed by atoms with Gasteiger partial charge < -0.3 is 15.2 Å². The second-order valence-electron chi connectivity index (χ2n) is 7.14. The number of sulfone groups is 1. The van der Waals surface area contributed by atoms with Crippen molar-refractivity contribution < 1.29 is 17.3 Å². The third kappa shape index (κ3) is 8.94. The predicted octanol–water partition coefficient (Wildman–Crippen LogP) is 2.79. The fourth-order valence-corrected chi connectivity index (χ4v) is 3.48. The lowest BCUT2D eigenvalue weighted by Crippen LogP contribution is -2.37. The first-order chi connectivity index (χ1) is 13.7. The summed E-state index contributed by atoms with van der Waals surface area (Å²) in [6.45, 7) is 4.89.